The molecule has 3 rings (SSSR count). The van der Waals surface area contributed by atoms with E-state index in [0.717, 1.165) is 16.6 Å². The number of aromatic amines is 1. The van der Waals surface area contributed by atoms with Crippen molar-refractivity contribution in [2.24, 2.45) is 0 Å². The van der Waals surface area contributed by atoms with Crippen LogP contribution in [0.25, 0.3) is 22.4 Å². The fourth-order valence-corrected chi connectivity index (χ4v) is 2.08. The summed E-state index contributed by atoms with van der Waals surface area (Å²) in [6.45, 7) is 1.99. The summed E-state index contributed by atoms with van der Waals surface area (Å²) in [5.41, 5.74) is 3.68. The van der Waals surface area contributed by atoms with Crippen LogP contribution in [-0.4, -0.2) is 14.9 Å². The molecule has 5 nitrogen and oxygen atoms in total. The Kier molecular flexibility index (Phi) is 2.52. The maximum atomic E-state index is 10.8. The third-order valence-corrected chi connectivity index (χ3v) is 3.04. The molecule has 1 heterocycles. The van der Waals surface area contributed by atoms with E-state index in [0.29, 0.717) is 11.4 Å². The zero-order valence-corrected chi connectivity index (χ0v) is 10.3. The highest BCUT2D eigenvalue weighted by Gasteiger charge is 2.10. The molecule has 1 N–H and O–H groups in total. The number of imidazole rings is 1. The molecule has 0 atom stereocenters. The number of hydrogen-bond acceptors (Lipinski definition) is 3. The van der Waals surface area contributed by atoms with E-state index in [9.17, 15) is 10.1 Å². The number of fused-ring (bicyclic) bond motifs is 1. The van der Waals surface area contributed by atoms with Gasteiger partial charge in [-0.2, -0.15) is 0 Å². The Bertz CT molecular complexity index is 777. The molecular weight excluding hydrogens is 242 g/mol. The third-order valence-electron chi connectivity index (χ3n) is 3.04. The number of aryl methyl sites for hydroxylation is 1. The summed E-state index contributed by atoms with van der Waals surface area (Å²) in [7, 11) is 0. The molecular formula is C14H11N3O2. The number of aromatic nitrogens is 2. The molecule has 5 heteroatoms. The molecule has 0 saturated heterocycles. The summed E-state index contributed by atoms with van der Waals surface area (Å²) in [6, 6.07) is 12.3. The van der Waals surface area contributed by atoms with E-state index in [-0.39, 0.29) is 5.69 Å². The van der Waals surface area contributed by atoms with Gasteiger partial charge in [-0.25, -0.2) is 4.98 Å². The highest BCUT2D eigenvalue weighted by atomic mass is 16.6. The monoisotopic (exact) mass is 253 g/mol. The van der Waals surface area contributed by atoms with Gasteiger partial charge in [0.15, 0.2) is 0 Å². The molecule has 0 aliphatic rings. The van der Waals surface area contributed by atoms with Crippen molar-refractivity contribution in [2.75, 3.05) is 0 Å². The highest BCUT2D eigenvalue weighted by Crippen LogP contribution is 2.25. The summed E-state index contributed by atoms with van der Waals surface area (Å²) in [6.07, 6.45) is 0. The van der Waals surface area contributed by atoms with Crippen molar-refractivity contribution in [3.63, 3.8) is 0 Å². The number of non-ortho nitro benzene ring substituents is 1. The minimum absolute atomic E-state index is 0.0645. The minimum atomic E-state index is -0.405. The standard InChI is InChI=1S/C14H11N3O2/c1-9-4-2-7-12-13(9)16-14(15-12)10-5-3-6-11(8-10)17(18)19/h2-8H,1H3,(H,15,16). The molecule has 3 aromatic rings. The maximum Gasteiger partial charge on any atom is 0.270 e. The summed E-state index contributed by atoms with van der Waals surface area (Å²) >= 11 is 0. The van der Waals surface area contributed by atoms with E-state index >= 15 is 0 Å². The van der Waals surface area contributed by atoms with Crippen molar-refractivity contribution in [3.8, 4) is 11.4 Å². The molecule has 0 fully saturated rings. The second-order valence-electron chi connectivity index (χ2n) is 4.36. The summed E-state index contributed by atoms with van der Waals surface area (Å²) in [5.74, 6) is 0.646. The largest absolute Gasteiger partial charge is 0.338 e. The number of nitrogens with zero attached hydrogens (tertiary/aromatic N) is 2. The second kappa shape index (κ2) is 4.20. The zero-order chi connectivity index (χ0) is 13.4. The Morgan fingerprint density at radius 2 is 2.00 bits per heavy atom. The smallest absolute Gasteiger partial charge is 0.270 e. The van der Waals surface area contributed by atoms with Gasteiger partial charge in [-0.15, -0.1) is 0 Å². The number of nitrogens with one attached hydrogen (secondary N) is 1. The van der Waals surface area contributed by atoms with Crippen LogP contribution in [0.1, 0.15) is 5.56 Å². The van der Waals surface area contributed by atoms with E-state index in [1.165, 1.54) is 12.1 Å². The fourth-order valence-electron chi connectivity index (χ4n) is 2.08. The van der Waals surface area contributed by atoms with Gasteiger partial charge in [-0.05, 0) is 18.6 Å². The Hall–Kier alpha value is -2.69. The van der Waals surface area contributed by atoms with E-state index < -0.39 is 4.92 Å². The molecule has 0 bridgehead atoms. The average molecular weight is 253 g/mol. The first-order chi connectivity index (χ1) is 9.15. The number of para-hydroxylation sites is 1. The number of H-pyrrole nitrogens is 1. The van der Waals surface area contributed by atoms with Gasteiger partial charge in [0.2, 0.25) is 0 Å². The topological polar surface area (TPSA) is 71.8 Å². The molecule has 1 aromatic heterocycles. The van der Waals surface area contributed by atoms with Crippen molar-refractivity contribution in [1.82, 2.24) is 9.97 Å². The molecule has 2 aromatic carbocycles. The fraction of sp³-hybridized carbons (Fsp3) is 0.0714. The number of rotatable bonds is 2. The van der Waals surface area contributed by atoms with Gasteiger partial charge in [0.1, 0.15) is 5.82 Å². The molecule has 0 aliphatic carbocycles. The van der Waals surface area contributed by atoms with Crippen LogP contribution >= 0.6 is 0 Å². The van der Waals surface area contributed by atoms with E-state index in [1.807, 2.05) is 25.1 Å². The van der Waals surface area contributed by atoms with E-state index in [2.05, 4.69) is 9.97 Å². The molecule has 0 saturated carbocycles. The van der Waals surface area contributed by atoms with Crippen molar-refractivity contribution in [1.29, 1.82) is 0 Å². The maximum absolute atomic E-state index is 10.8. The van der Waals surface area contributed by atoms with Crippen LogP contribution in [0.4, 0.5) is 5.69 Å². The highest BCUT2D eigenvalue weighted by molar-refractivity contribution is 5.82. The lowest BCUT2D eigenvalue weighted by molar-refractivity contribution is -0.384. The normalized spacial score (nSPS) is 10.8. The first-order valence-electron chi connectivity index (χ1n) is 5.85. The van der Waals surface area contributed by atoms with Gasteiger partial charge in [-0.3, -0.25) is 10.1 Å². The van der Waals surface area contributed by atoms with Crippen LogP contribution in [0, 0.1) is 17.0 Å². The predicted molar refractivity (Wildman–Crippen MR) is 72.9 cm³/mol. The molecule has 0 unspecified atom stereocenters. The minimum Gasteiger partial charge on any atom is -0.338 e. The Morgan fingerprint density at radius 3 is 2.74 bits per heavy atom. The van der Waals surface area contributed by atoms with Crippen LogP contribution in [-0.2, 0) is 0 Å². The van der Waals surface area contributed by atoms with Crippen molar-refractivity contribution in [2.45, 2.75) is 6.92 Å². The molecule has 19 heavy (non-hydrogen) atoms. The van der Waals surface area contributed by atoms with Crippen molar-refractivity contribution >= 4 is 16.7 Å². The van der Waals surface area contributed by atoms with Gasteiger partial charge in [-0.1, -0.05) is 24.3 Å². The van der Waals surface area contributed by atoms with Gasteiger partial charge in [0, 0.05) is 17.7 Å². The van der Waals surface area contributed by atoms with Crippen LogP contribution in [0.3, 0.4) is 0 Å². The summed E-state index contributed by atoms with van der Waals surface area (Å²) in [4.78, 5) is 18.1. The van der Waals surface area contributed by atoms with Crippen LogP contribution in [0.15, 0.2) is 42.5 Å². The van der Waals surface area contributed by atoms with E-state index in [4.69, 9.17) is 0 Å². The van der Waals surface area contributed by atoms with Gasteiger partial charge in [0.25, 0.3) is 5.69 Å². The number of nitro benzene ring substituents is 1. The molecule has 0 spiro atoms. The van der Waals surface area contributed by atoms with Crippen LogP contribution in [0.2, 0.25) is 0 Å². The number of benzene rings is 2. The number of hydrogen-bond donors (Lipinski definition) is 1. The lowest BCUT2D eigenvalue weighted by atomic mass is 10.2. The third kappa shape index (κ3) is 1.95. The molecule has 0 radical (unpaired) electrons. The van der Waals surface area contributed by atoms with Gasteiger partial charge >= 0.3 is 0 Å². The van der Waals surface area contributed by atoms with E-state index in [1.54, 1.807) is 12.1 Å². The van der Waals surface area contributed by atoms with Crippen molar-refractivity contribution in [3.05, 3.63) is 58.1 Å². The average Bonchev–Trinajstić information content (AvgIpc) is 2.84. The SMILES string of the molecule is Cc1cccc2[nH]c(-c3cccc([N+](=O)[O-])c3)nc12. The quantitative estimate of drug-likeness (QED) is 0.561. The Labute approximate surface area is 109 Å². The first-order valence-corrected chi connectivity index (χ1v) is 5.85. The summed E-state index contributed by atoms with van der Waals surface area (Å²) < 4.78 is 0. The predicted octanol–water partition coefficient (Wildman–Crippen LogP) is 3.45. The number of nitro groups is 1. The van der Waals surface area contributed by atoms with Crippen LogP contribution < -0.4 is 0 Å². The Morgan fingerprint density at radius 1 is 1.21 bits per heavy atom. The zero-order valence-electron chi connectivity index (χ0n) is 10.3. The second-order valence-corrected chi connectivity index (χ2v) is 4.36. The summed E-state index contributed by atoms with van der Waals surface area (Å²) in [5, 5.41) is 10.8. The Balaban J connectivity index is 2.16. The molecule has 0 amide bonds. The van der Waals surface area contributed by atoms with Gasteiger partial charge < -0.3 is 4.98 Å². The van der Waals surface area contributed by atoms with Gasteiger partial charge in [0.05, 0.1) is 16.0 Å². The lowest BCUT2D eigenvalue weighted by Crippen LogP contribution is -1.88. The van der Waals surface area contributed by atoms with Crippen LogP contribution in [0.5, 0.6) is 0 Å². The lowest BCUT2D eigenvalue weighted by Gasteiger charge is -1.96. The van der Waals surface area contributed by atoms with Crippen molar-refractivity contribution < 1.29 is 4.92 Å². The molecule has 0 aliphatic heterocycles. The molecule has 94 valence electrons. The first kappa shape index (κ1) is 11.4.